The van der Waals surface area contributed by atoms with E-state index >= 15 is 0 Å². The van der Waals surface area contributed by atoms with Gasteiger partial charge in [-0.3, -0.25) is 0 Å². The first kappa shape index (κ1) is 10.9. The minimum absolute atomic E-state index is 0.360. The number of rotatable bonds is 1. The monoisotopic (exact) mass is 310 g/mol. The van der Waals surface area contributed by atoms with Crippen LogP contribution in [-0.2, 0) is 0 Å². The molecule has 17 heavy (non-hydrogen) atoms. The topological polar surface area (TPSA) is 41.8 Å². The van der Waals surface area contributed by atoms with Crippen LogP contribution in [0.3, 0.4) is 0 Å². The summed E-state index contributed by atoms with van der Waals surface area (Å²) in [5.41, 5.74) is 3.02. The molecule has 0 bridgehead atoms. The first-order valence-corrected chi connectivity index (χ1v) is 6.22. The molecule has 0 atom stereocenters. The van der Waals surface area contributed by atoms with E-state index in [1.165, 1.54) is 0 Å². The van der Waals surface area contributed by atoms with Gasteiger partial charge < -0.3 is 9.40 Å². The number of hydrogen-bond acceptors (Lipinski definition) is 2. The Morgan fingerprint density at radius 3 is 2.88 bits per heavy atom. The first-order chi connectivity index (χ1) is 8.13. The summed E-state index contributed by atoms with van der Waals surface area (Å²) in [6.07, 6.45) is 0. The number of aromatic amines is 1. The standard InChI is InChI=1S/C12H8BrClN2O/c1-6-4-7(13)5-8-11(6)16-12(15-8)9-2-3-10(14)17-9/h2-5H,1H3,(H,15,16). The summed E-state index contributed by atoms with van der Waals surface area (Å²) >= 11 is 9.21. The van der Waals surface area contributed by atoms with E-state index < -0.39 is 0 Å². The molecular weight excluding hydrogens is 304 g/mol. The number of nitrogens with zero attached hydrogens (tertiary/aromatic N) is 1. The van der Waals surface area contributed by atoms with Crippen LogP contribution in [0.25, 0.3) is 22.6 Å². The van der Waals surface area contributed by atoms with E-state index in [1.54, 1.807) is 12.1 Å². The molecule has 1 aromatic carbocycles. The van der Waals surface area contributed by atoms with Crippen molar-refractivity contribution in [1.29, 1.82) is 0 Å². The smallest absolute Gasteiger partial charge is 0.194 e. The van der Waals surface area contributed by atoms with E-state index in [9.17, 15) is 0 Å². The van der Waals surface area contributed by atoms with Gasteiger partial charge in [0.1, 0.15) is 0 Å². The van der Waals surface area contributed by atoms with E-state index in [0.29, 0.717) is 16.8 Å². The van der Waals surface area contributed by atoms with Gasteiger partial charge in [0.05, 0.1) is 11.0 Å². The Morgan fingerprint density at radius 1 is 1.35 bits per heavy atom. The van der Waals surface area contributed by atoms with Crippen LogP contribution in [0.1, 0.15) is 5.56 Å². The molecule has 2 aromatic heterocycles. The summed E-state index contributed by atoms with van der Waals surface area (Å²) in [5.74, 6) is 1.33. The maximum Gasteiger partial charge on any atom is 0.194 e. The van der Waals surface area contributed by atoms with Crippen LogP contribution < -0.4 is 0 Å². The Kier molecular flexibility index (Phi) is 2.49. The van der Waals surface area contributed by atoms with Crippen molar-refractivity contribution < 1.29 is 4.42 Å². The van der Waals surface area contributed by atoms with Gasteiger partial charge in [-0.1, -0.05) is 15.9 Å². The number of fused-ring (bicyclic) bond motifs is 1. The molecule has 3 nitrogen and oxygen atoms in total. The van der Waals surface area contributed by atoms with Crippen LogP contribution in [0.15, 0.2) is 33.2 Å². The Labute approximate surface area is 111 Å². The van der Waals surface area contributed by atoms with Crippen LogP contribution in [0.2, 0.25) is 5.22 Å². The molecule has 5 heteroatoms. The molecule has 0 radical (unpaired) electrons. The molecule has 3 aromatic rings. The summed E-state index contributed by atoms with van der Waals surface area (Å²) in [6, 6.07) is 7.52. The minimum atomic E-state index is 0.360. The van der Waals surface area contributed by atoms with Gasteiger partial charge in [0, 0.05) is 4.47 Å². The highest BCUT2D eigenvalue weighted by atomic mass is 79.9. The van der Waals surface area contributed by atoms with Crippen LogP contribution >= 0.6 is 27.5 Å². The van der Waals surface area contributed by atoms with Crippen molar-refractivity contribution in [2.45, 2.75) is 6.92 Å². The second kappa shape index (κ2) is 3.89. The molecule has 1 N–H and O–H groups in total. The fraction of sp³-hybridized carbons (Fsp3) is 0.0833. The van der Waals surface area contributed by atoms with Gasteiger partial charge >= 0.3 is 0 Å². The minimum Gasteiger partial charge on any atom is -0.441 e. The number of nitrogens with one attached hydrogen (secondary N) is 1. The SMILES string of the molecule is Cc1cc(Br)cc2[nH]c(-c3ccc(Cl)o3)nc12. The second-order valence-electron chi connectivity index (χ2n) is 3.81. The predicted octanol–water partition coefficient (Wildman–Crippen LogP) is 4.55. The first-order valence-electron chi connectivity index (χ1n) is 5.05. The van der Waals surface area contributed by atoms with Gasteiger partial charge in [0.15, 0.2) is 16.8 Å². The third kappa shape index (κ3) is 1.87. The van der Waals surface area contributed by atoms with Crippen molar-refractivity contribution >= 4 is 38.6 Å². The van der Waals surface area contributed by atoms with E-state index in [-0.39, 0.29) is 0 Å². The predicted molar refractivity (Wildman–Crippen MR) is 71.2 cm³/mol. The highest BCUT2D eigenvalue weighted by Gasteiger charge is 2.11. The Morgan fingerprint density at radius 2 is 2.18 bits per heavy atom. The lowest BCUT2D eigenvalue weighted by Crippen LogP contribution is -1.77. The van der Waals surface area contributed by atoms with Crippen molar-refractivity contribution in [3.8, 4) is 11.6 Å². The summed E-state index contributed by atoms with van der Waals surface area (Å²) in [7, 11) is 0. The summed E-state index contributed by atoms with van der Waals surface area (Å²) in [6.45, 7) is 2.02. The number of aromatic nitrogens is 2. The third-order valence-electron chi connectivity index (χ3n) is 2.55. The maximum atomic E-state index is 5.75. The quantitative estimate of drug-likeness (QED) is 0.716. The van der Waals surface area contributed by atoms with Gasteiger partial charge in [-0.15, -0.1) is 0 Å². The molecule has 0 aliphatic heterocycles. The number of benzene rings is 1. The fourth-order valence-electron chi connectivity index (χ4n) is 1.80. The molecule has 0 unspecified atom stereocenters. The number of aryl methyl sites for hydroxylation is 1. The van der Waals surface area contributed by atoms with Gasteiger partial charge in [-0.25, -0.2) is 4.98 Å². The highest BCUT2D eigenvalue weighted by molar-refractivity contribution is 9.10. The molecule has 3 rings (SSSR count). The zero-order chi connectivity index (χ0) is 12.0. The Balaban J connectivity index is 2.23. The molecule has 0 fully saturated rings. The molecule has 0 aliphatic carbocycles. The Bertz CT molecular complexity index is 702. The van der Waals surface area contributed by atoms with Crippen LogP contribution in [0, 0.1) is 6.92 Å². The van der Waals surface area contributed by atoms with Crippen LogP contribution in [0.4, 0.5) is 0 Å². The number of halogens is 2. The molecule has 0 spiro atoms. The average Bonchev–Trinajstić information content (AvgIpc) is 2.83. The maximum absolute atomic E-state index is 5.75. The van der Waals surface area contributed by atoms with Crippen LogP contribution in [0.5, 0.6) is 0 Å². The largest absolute Gasteiger partial charge is 0.441 e. The van der Waals surface area contributed by atoms with E-state index in [1.807, 2.05) is 19.1 Å². The Hall–Kier alpha value is -1.26. The lowest BCUT2D eigenvalue weighted by atomic mass is 10.2. The van der Waals surface area contributed by atoms with Crippen molar-refractivity contribution in [3.05, 3.63) is 39.5 Å². The van der Waals surface area contributed by atoms with Gasteiger partial charge in [-0.05, 0) is 48.4 Å². The molecule has 0 amide bonds. The van der Waals surface area contributed by atoms with Crippen molar-refractivity contribution in [3.63, 3.8) is 0 Å². The van der Waals surface area contributed by atoms with E-state index in [4.69, 9.17) is 16.0 Å². The average molecular weight is 312 g/mol. The number of imidazole rings is 1. The lowest BCUT2D eigenvalue weighted by molar-refractivity contribution is 0.580. The second-order valence-corrected chi connectivity index (χ2v) is 5.10. The van der Waals surface area contributed by atoms with Crippen molar-refractivity contribution in [2.75, 3.05) is 0 Å². The van der Waals surface area contributed by atoms with E-state index in [2.05, 4.69) is 25.9 Å². The summed E-state index contributed by atoms with van der Waals surface area (Å²) in [4.78, 5) is 7.72. The van der Waals surface area contributed by atoms with Crippen LogP contribution in [-0.4, -0.2) is 9.97 Å². The molecule has 0 saturated heterocycles. The van der Waals surface area contributed by atoms with Crippen molar-refractivity contribution in [2.24, 2.45) is 0 Å². The van der Waals surface area contributed by atoms with E-state index in [0.717, 1.165) is 21.1 Å². The van der Waals surface area contributed by atoms with Crippen molar-refractivity contribution in [1.82, 2.24) is 9.97 Å². The van der Waals surface area contributed by atoms with Gasteiger partial charge in [0.2, 0.25) is 0 Å². The molecule has 0 saturated carbocycles. The zero-order valence-electron chi connectivity index (χ0n) is 8.92. The number of hydrogen-bond donors (Lipinski definition) is 1. The molecular formula is C12H8BrClN2O. The summed E-state index contributed by atoms with van der Waals surface area (Å²) in [5, 5.41) is 0.360. The third-order valence-corrected chi connectivity index (χ3v) is 3.21. The van der Waals surface area contributed by atoms with Gasteiger partial charge in [0.25, 0.3) is 0 Å². The lowest BCUT2D eigenvalue weighted by Gasteiger charge is -1.94. The molecule has 0 aliphatic rings. The highest BCUT2D eigenvalue weighted by Crippen LogP contribution is 2.27. The molecule has 86 valence electrons. The number of H-pyrrole nitrogens is 1. The fourth-order valence-corrected chi connectivity index (χ4v) is 2.52. The molecule has 2 heterocycles. The normalized spacial score (nSPS) is 11.2. The number of furan rings is 1. The zero-order valence-corrected chi connectivity index (χ0v) is 11.3. The summed E-state index contributed by atoms with van der Waals surface area (Å²) < 4.78 is 6.35. The van der Waals surface area contributed by atoms with Gasteiger partial charge in [-0.2, -0.15) is 0 Å².